The van der Waals surface area contributed by atoms with Crippen LogP contribution >= 0.6 is 15.9 Å². The number of nitrogens with one attached hydrogen (secondary N) is 2. The van der Waals surface area contributed by atoms with Crippen molar-refractivity contribution in [2.45, 2.75) is 52.9 Å². The summed E-state index contributed by atoms with van der Waals surface area (Å²) in [6.45, 7) is 5.89. The lowest BCUT2D eigenvalue weighted by molar-refractivity contribution is -0.135. The molecule has 2 atom stereocenters. The number of fused-ring (bicyclic) bond motifs is 1. The van der Waals surface area contributed by atoms with E-state index in [-0.39, 0.29) is 43.5 Å². The van der Waals surface area contributed by atoms with Gasteiger partial charge in [-0.2, -0.15) is 18.3 Å². The summed E-state index contributed by atoms with van der Waals surface area (Å²) in [6.07, 6.45) is -0.0306. The zero-order valence-electron chi connectivity index (χ0n) is 26.7. The monoisotopic (exact) mass is 716 g/mol. The lowest BCUT2D eigenvalue weighted by Gasteiger charge is -2.21. The molecule has 4 aromatic rings. The Labute approximate surface area is 278 Å². The molecule has 1 saturated heterocycles. The normalized spacial score (nSPS) is 16.1. The minimum absolute atomic E-state index is 0.0391. The van der Waals surface area contributed by atoms with Crippen molar-refractivity contribution < 1.29 is 27.6 Å². The number of Topliss-reactive ketones (excluding diaryl/α,β-unsaturated/α-hetero) is 1. The Hall–Kier alpha value is -4.24. The van der Waals surface area contributed by atoms with Crippen molar-refractivity contribution in [3.05, 3.63) is 63.9 Å². The van der Waals surface area contributed by atoms with Crippen LogP contribution < -0.4 is 10.6 Å². The Kier molecular flexibility index (Phi) is 11.4. The number of aromatic nitrogens is 5. The van der Waals surface area contributed by atoms with Crippen molar-refractivity contribution in [3.63, 3.8) is 0 Å². The molecule has 0 spiro atoms. The van der Waals surface area contributed by atoms with E-state index >= 15 is 0 Å². The molecule has 5 rings (SSSR count). The molecule has 2 N–H and O–H groups in total. The predicted molar refractivity (Wildman–Crippen MR) is 175 cm³/mol. The van der Waals surface area contributed by atoms with Crippen LogP contribution in [0.4, 0.5) is 19.0 Å². The summed E-state index contributed by atoms with van der Waals surface area (Å²) in [5.74, 6) is 0.603. The number of amides is 1. The van der Waals surface area contributed by atoms with Crippen molar-refractivity contribution in [3.8, 4) is 11.1 Å². The summed E-state index contributed by atoms with van der Waals surface area (Å²) in [4.78, 5) is 51.3. The molecule has 4 heterocycles. The molecule has 0 radical (unpaired) electrons. The number of rotatable bonds is 9. The molecule has 15 heteroatoms. The van der Waals surface area contributed by atoms with Crippen LogP contribution in [0.15, 0.2) is 41.3 Å². The number of carbonyl (C=O) groups is 3. The summed E-state index contributed by atoms with van der Waals surface area (Å²) in [5.41, 5.74) is 4.33. The highest BCUT2D eigenvalue weighted by molar-refractivity contribution is 9.10. The Balaban J connectivity index is 0.000000427. The Morgan fingerprint density at radius 3 is 2.38 bits per heavy atom. The smallest absolute Gasteiger partial charge is 0.373 e. The van der Waals surface area contributed by atoms with Crippen molar-refractivity contribution in [2.75, 3.05) is 32.0 Å². The lowest BCUT2D eigenvalue weighted by atomic mass is 10.0. The number of aldehydes is 1. The summed E-state index contributed by atoms with van der Waals surface area (Å²) >= 11 is 3.29. The summed E-state index contributed by atoms with van der Waals surface area (Å²) < 4.78 is 39.7. The van der Waals surface area contributed by atoms with Crippen LogP contribution in [0.1, 0.15) is 40.8 Å². The zero-order valence-corrected chi connectivity index (χ0v) is 28.2. The van der Waals surface area contributed by atoms with E-state index < -0.39 is 24.7 Å². The maximum atomic E-state index is 13.2. The highest BCUT2D eigenvalue weighted by Crippen LogP contribution is 2.30. The number of alkyl halides is 3. The molecular weight excluding hydrogens is 681 g/mol. The van der Waals surface area contributed by atoms with Crippen molar-refractivity contribution in [1.82, 2.24) is 34.9 Å². The van der Waals surface area contributed by atoms with Gasteiger partial charge in [0.15, 0.2) is 5.78 Å². The van der Waals surface area contributed by atoms with E-state index in [0.29, 0.717) is 23.0 Å². The number of anilines is 1. The molecule has 11 nitrogen and oxygen atoms in total. The molecular formula is C32H36BrF3N8O3. The Bertz CT molecular complexity index is 1760. The first kappa shape index (κ1) is 35.6. The second kappa shape index (κ2) is 15.1. The third-order valence-corrected chi connectivity index (χ3v) is 8.17. The summed E-state index contributed by atoms with van der Waals surface area (Å²) in [7, 11) is 1.86. The van der Waals surface area contributed by atoms with Crippen LogP contribution in [-0.4, -0.2) is 86.5 Å². The Morgan fingerprint density at radius 1 is 1.09 bits per heavy atom. The minimum Gasteiger partial charge on any atom is -0.373 e. The van der Waals surface area contributed by atoms with Gasteiger partial charge in [-0.1, -0.05) is 6.07 Å². The second-order valence-electron chi connectivity index (χ2n) is 11.4. The number of pyridine rings is 1. The van der Waals surface area contributed by atoms with Gasteiger partial charge in [-0.15, -0.1) is 0 Å². The molecule has 2 unspecified atom stereocenters. The van der Waals surface area contributed by atoms with Crippen LogP contribution in [0.5, 0.6) is 0 Å². The molecule has 0 bridgehead atoms. The van der Waals surface area contributed by atoms with E-state index in [9.17, 15) is 27.6 Å². The number of benzene rings is 1. The zero-order chi connectivity index (χ0) is 34.5. The average molecular weight is 718 g/mol. The number of aryl methyl sites for hydroxylation is 3. The third kappa shape index (κ3) is 8.98. The molecule has 0 aliphatic carbocycles. The molecule has 1 aliphatic rings. The van der Waals surface area contributed by atoms with Gasteiger partial charge in [-0.05, 0) is 83.9 Å². The highest BCUT2D eigenvalue weighted by Gasteiger charge is 2.36. The summed E-state index contributed by atoms with van der Waals surface area (Å²) in [6, 6.07) is 6.93. The minimum atomic E-state index is -4.34. The number of hydrogen-bond donors (Lipinski definition) is 2. The van der Waals surface area contributed by atoms with Crippen LogP contribution in [-0.2, 0) is 16.1 Å². The molecule has 1 aliphatic heterocycles. The molecule has 1 amide bonds. The van der Waals surface area contributed by atoms with Crippen molar-refractivity contribution in [1.29, 1.82) is 0 Å². The maximum absolute atomic E-state index is 13.2. The van der Waals surface area contributed by atoms with Gasteiger partial charge in [0.1, 0.15) is 34.8 Å². The fourth-order valence-electron chi connectivity index (χ4n) is 5.53. The number of halogens is 4. The van der Waals surface area contributed by atoms with Crippen molar-refractivity contribution >= 4 is 50.6 Å². The van der Waals surface area contributed by atoms with E-state index in [1.165, 1.54) is 16.5 Å². The summed E-state index contributed by atoms with van der Waals surface area (Å²) in [5, 5.41) is 10.3. The fraction of sp³-hybridized carbons (Fsp3) is 0.406. The molecule has 250 valence electrons. The first-order valence-corrected chi connectivity index (χ1v) is 15.6. The SMILES string of the molecule is CC(=O)c1nn(CC(=O)N2CC(CNCC(F)(F)F)CC2C=O)c2c(C)cc(-c3cnc(C)nc3)cc12.CNc1nc(Br)ccc1C. The van der Waals surface area contributed by atoms with E-state index in [1.807, 2.05) is 45.2 Å². The standard InChI is InChI=1S/C25H27F3N6O3.C7H9BrN2/c1-14-4-18(19-8-30-16(3)31-9-19)6-21-23(15(2)36)32-34(24(14)21)11-22(37)33-10-17(5-20(33)12-35)7-29-13-25(26,27)28;1-5-3-4-6(8)10-7(5)9-2/h4,6,8-9,12,17,20,29H,5,7,10-11,13H2,1-3H3;3-4H,1-2H3,(H,9,10). The van der Waals surface area contributed by atoms with Crippen molar-refractivity contribution in [2.24, 2.45) is 5.92 Å². The van der Waals surface area contributed by atoms with Crippen LogP contribution in [0.25, 0.3) is 22.0 Å². The van der Waals surface area contributed by atoms with Gasteiger partial charge in [0.2, 0.25) is 5.91 Å². The van der Waals surface area contributed by atoms with Gasteiger partial charge >= 0.3 is 6.18 Å². The fourth-order valence-corrected chi connectivity index (χ4v) is 5.84. The molecule has 0 saturated carbocycles. The quantitative estimate of drug-likeness (QED) is 0.138. The molecule has 1 aromatic carbocycles. The first-order valence-electron chi connectivity index (χ1n) is 14.8. The number of ketones is 1. The largest absolute Gasteiger partial charge is 0.401 e. The predicted octanol–water partition coefficient (Wildman–Crippen LogP) is 5.07. The molecule has 47 heavy (non-hydrogen) atoms. The molecule has 1 fully saturated rings. The van der Waals surface area contributed by atoms with Gasteiger partial charge in [-0.25, -0.2) is 15.0 Å². The van der Waals surface area contributed by atoms with E-state index in [4.69, 9.17) is 0 Å². The van der Waals surface area contributed by atoms with Gasteiger partial charge in [-0.3, -0.25) is 14.3 Å². The Morgan fingerprint density at radius 2 is 1.79 bits per heavy atom. The highest BCUT2D eigenvalue weighted by atomic mass is 79.9. The lowest BCUT2D eigenvalue weighted by Crippen LogP contribution is -2.39. The van der Waals surface area contributed by atoms with E-state index in [0.717, 1.165) is 32.7 Å². The van der Waals surface area contributed by atoms with Gasteiger partial charge in [0, 0.05) is 50.4 Å². The van der Waals surface area contributed by atoms with Crippen LogP contribution in [0, 0.1) is 26.7 Å². The number of carbonyl (C=O) groups excluding carboxylic acids is 3. The van der Waals surface area contributed by atoms with Gasteiger partial charge < -0.3 is 20.3 Å². The number of hydrogen-bond acceptors (Lipinski definition) is 9. The third-order valence-electron chi connectivity index (χ3n) is 7.73. The maximum Gasteiger partial charge on any atom is 0.401 e. The topological polar surface area (TPSA) is 135 Å². The average Bonchev–Trinajstić information content (AvgIpc) is 3.60. The van der Waals surface area contributed by atoms with E-state index in [2.05, 4.69) is 46.6 Å². The number of likely N-dealkylation sites (tertiary alicyclic amines) is 1. The van der Waals surface area contributed by atoms with Crippen LogP contribution in [0.3, 0.4) is 0 Å². The van der Waals surface area contributed by atoms with Gasteiger partial charge in [0.05, 0.1) is 18.1 Å². The first-order chi connectivity index (χ1) is 22.2. The van der Waals surface area contributed by atoms with E-state index in [1.54, 1.807) is 19.3 Å². The molecule has 3 aromatic heterocycles. The van der Waals surface area contributed by atoms with Gasteiger partial charge in [0.25, 0.3) is 0 Å². The number of nitrogens with zero attached hydrogens (tertiary/aromatic N) is 6. The van der Waals surface area contributed by atoms with Crippen LogP contribution in [0.2, 0.25) is 0 Å². The second-order valence-corrected chi connectivity index (χ2v) is 12.2.